The molecule has 0 saturated carbocycles. The summed E-state index contributed by atoms with van der Waals surface area (Å²) in [5.74, 6) is 0.732. The molecule has 0 aliphatic carbocycles. The molecule has 0 radical (unpaired) electrons. The van der Waals surface area contributed by atoms with Gasteiger partial charge in [-0.3, -0.25) is 4.90 Å². The Morgan fingerprint density at radius 3 is 2.44 bits per heavy atom. The molecule has 0 spiro atoms. The van der Waals surface area contributed by atoms with Crippen molar-refractivity contribution < 1.29 is 0 Å². The van der Waals surface area contributed by atoms with Crippen LogP contribution in [0.2, 0.25) is 0 Å². The third-order valence-electron chi connectivity index (χ3n) is 3.74. The van der Waals surface area contributed by atoms with E-state index < -0.39 is 0 Å². The summed E-state index contributed by atoms with van der Waals surface area (Å²) in [7, 11) is 0. The van der Waals surface area contributed by atoms with E-state index in [0.29, 0.717) is 5.41 Å². The molecule has 1 aliphatic heterocycles. The molecule has 1 fully saturated rings. The van der Waals surface area contributed by atoms with Crippen LogP contribution < -0.4 is 10.6 Å². The Hall–Kier alpha value is -0.120. The van der Waals surface area contributed by atoms with Crippen molar-refractivity contribution in [3.8, 4) is 0 Å². The Morgan fingerprint density at radius 1 is 1.25 bits per heavy atom. The predicted octanol–water partition coefficient (Wildman–Crippen LogP) is 1.16. The van der Waals surface area contributed by atoms with E-state index in [-0.39, 0.29) is 0 Å². The van der Waals surface area contributed by atoms with Crippen LogP contribution in [0, 0.1) is 11.3 Å². The van der Waals surface area contributed by atoms with Gasteiger partial charge in [0.15, 0.2) is 0 Å². The van der Waals surface area contributed by atoms with E-state index in [9.17, 15) is 0 Å². The first-order valence-corrected chi connectivity index (χ1v) is 6.64. The van der Waals surface area contributed by atoms with Crippen molar-refractivity contribution >= 4 is 0 Å². The second kappa shape index (κ2) is 6.58. The first-order valence-electron chi connectivity index (χ1n) is 6.64. The number of hydrogen-bond acceptors (Lipinski definition) is 3. The fourth-order valence-electron chi connectivity index (χ4n) is 1.80. The van der Waals surface area contributed by atoms with Crippen LogP contribution in [0.25, 0.3) is 0 Å². The van der Waals surface area contributed by atoms with Crippen LogP contribution in [-0.2, 0) is 0 Å². The summed E-state index contributed by atoms with van der Waals surface area (Å²) in [6.07, 6.45) is 0. The van der Waals surface area contributed by atoms with E-state index in [1.165, 1.54) is 19.6 Å². The van der Waals surface area contributed by atoms with Gasteiger partial charge in [-0.2, -0.15) is 0 Å². The largest absolute Gasteiger partial charge is 0.315 e. The molecular weight excluding hydrogens is 198 g/mol. The van der Waals surface area contributed by atoms with Gasteiger partial charge in [-0.25, -0.2) is 0 Å². The highest BCUT2D eigenvalue weighted by molar-refractivity contribution is 4.73. The minimum absolute atomic E-state index is 0.419. The van der Waals surface area contributed by atoms with Crippen molar-refractivity contribution in [3.63, 3.8) is 0 Å². The van der Waals surface area contributed by atoms with Crippen LogP contribution in [0.5, 0.6) is 0 Å². The number of rotatable bonds is 5. The smallest absolute Gasteiger partial charge is 0.0108 e. The highest BCUT2D eigenvalue weighted by Crippen LogP contribution is 2.24. The summed E-state index contributed by atoms with van der Waals surface area (Å²) in [5, 5.41) is 6.96. The van der Waals surface area contributed by atoms with Crippen molar-refractivity contribution in [1.82, 2.24) is 15.5 Å². The molecule has 3 heteroatoms. The van der Waals surface area contributed by atoms with Crippen LogP contribution in [0.15, 0.2) is 0 Å². The molecule has 0 aromatic carbocycles. The Labute approximate surface area is 101 Å². The normalized spacial score (nSPS) is 21.0. The van der Waals surface area contributed by atoms with Crippen LogP contribution in [0.3, 0.4) is 0 Å². The van der Waals surface area contributed by atoms with E-state index in [1.807, 2.05) is 0 Å². The molecule has 0 amide bonds. The van der Waals surface area contributed by atoms with Crippen molar-refractivity contribution in [2.24, 2.45) is 11.3 Å². The van der Waals surface area contributed by atoms with Gasteiger partial charge in [0, 0.05) is 39.3 Å². The molecular formula is C13H29N3. The molecule has 1 aliphatic rings. The van der Waals surface area contributed by atoms with Gasteiger partial charge in [-0.15, -0.1) is 0 Å². The highest BCUT2D eigenvalue weighted by Gasteiger charge is 2.19. The van der Waals surface area contributed by atoms with Gasteiger partial charge in [-0.1, -0.05) is 27.7 Å². The Balaban J connectivity index is 2.02. The van der Waals surface area contributed by atoms with E-state index >= 15 is 0 Å². The van der Waals surface area contributed by atoms with Crippen molar-refractivity contribution in [2.75, 3.05) is 45.8 Å². The molecule has 1 atom stereocenters. The lowest BCUT2D eigenvalue weighted by molar-refractivity contribution is 0.225. The second-order valence-electron chi connectivity index (χ2n) is 6.06. The number of hydrogen-bond donors (Lipinski definition) is 2. The summed E-state index contributed by atoms with van der Waals surface area (Å²) in [4.78, 5) is 2.53. The van der Waals surface area contributed by atoms with E-state index in [1.54, 1.807) is 0 Å². The summed E-state index contributed by atoms with van der Waals surface area (Å²) in [5.41, 5.74) is 0.419. The van der Waals surface area contributed by atoms with Crippen LogP contribution in [-0.4, -0.2) is 50.7 Å². The minimum atomic E-state index is 0.419. The third kappa shape index (κ3) is 5.28. The van der Waals surface area contributed by atoms with Gasteiger partial charge in [0.05, 0.1) is 0 Å². The van der Waals surface area contributed by atoms with Crippen LogP contribution in [0.1, 0.15) is 27.7 Å². The highest BCUT2D eigenvalue weighted by atomic mass is 15.2. The maximum absolute atomic E-state index is 3.58. The molecule has 1 unspecified atom stereocenters. The number of nitrogens with zero attached hydrogens (tertiary/aromatic N) is 1. The zero-order chi connectivity index (χ0) is 12.0. The summed E-state index contributed by atoms with van der Waals surface area (Å²) in [6.45, 7) is 17.4. The fourth-order valence-corrected chi connectivity index (χ4v) is 1.80. The number of nitrogens with one attached hydrogen (secondary N) is 2. The van der Waals surface area contributed by atoms with Crippen molar-refractivity contribution in [3.05, 3.63) is 0 Å². The molecule has 96 valence electrons. The van der Waals surface area contributed by atoms with Crippen LogP contribution >= 0.6 is 0 Å². The average molecular weight is 227 g/mol. The lowest BCUT2D eigenvalue weighted by atomic mass is 9.82. The SMILES string of the molecule is CC(CNCCN1CCNCC1)C(C)(C)C. The molecule has 1 heterocycles. The maximum atomic E-state index is 3.58. The van der Waals surface area contributed by atoms with Crippen LogP contribution in [0.4, 0.5) is 0 Å². The Bertz CT molecular complexity index is 180. The molecule has 1 saturated heterocycles. The molecule has 16 heavy (non-hydrogen) atoms. The topological polar surface area (TPSA) is 27.3 Å². The second-order valence-corrected chi connectivity index (χ2v) is 6.06. The van der Waals surface area contributed by atoms with Crippen molar-refractivity contribution in [1.29, 1.82) is 0 Å². The van der Waals surface area contributed by atoms with E-state index in [4.69, 9.17) is 0 Å². The first-order chi connectivity index (χ1) is 7.50. The zero-order valence-corrected chi connectivity index (χ0v) is 11.5. The van der Waals surface area contributed by atoms with E-state index in [0.717, 1.165) is 32.1 Å². The van der Waals surface area contributed by atoms with E-state index in [2.05, 4.69) is 43.2 Å². The molecule has 0 aromatic rings. The van der Waals surface area contributed by atoms with Gasteiger partial charge in [0.1, 0.15) is 0 Å². The molecule has 2 N–H and O–H groups in total. The predicted molar refractivity (Wildman–Crippen MR) is 70.8 cm³/mol. The minimum Gasteiger partial charge on any atom is -0.315 e. The standard InChI is InChI=1S/C13H29N3/c1-12(13(2,3)4)11-15-7-10-16-8-5-14-6-9-16/h12,14-15H,5-11H2,1-4H3. The van der Waals surface area contributed by atoms with Gasteiger partial charge in [0.2, 0.25) is 0 Å². The van der Waals surface area contributed by atoms with Gasteiger partial charge < -0.3 is 10.6 Å². The van der Waals surface area contributed by atoms with Gasteiger partial charge in [0.25, 0.3) is 0 Å². The Morgan fingerprint density at radius 2 is 1.88 bits per heavy atom. The monoisotopic (exact) mass is 227 g/mol. The summed E-state index contributed by atoms with van der Waals surface area (Å²) >= 11 is 0. The lowest BCUT2D eigenvalue weighted by Gasteiger charge is -2.29. The molecule has 0 bridgehead atoms. The zero-order valence-electron chi connectivity index (χ0n) is 11.5. The van der Waals surface area contributed by atoms with Gasteiger partial charge >= 0.3 is 0 Å². The number of piperazine rings is 1. The maximum Gasteiger partial charge on any atom is 0.0108 e. The molecule has 1 rings (SSSR count). The average Bonchev–Trinajstić information content (AvgIpc) is 2.24. The fraction of sp³-hybridized carbons (Fsp3) is 1.00. The molecule has 3 nitrogen and oxygen atoms in total. The summed E-state index contributed by atoms with van der Waals surface area (Å²) < 4.78 is 0. The Kier molecular flexibility index (Phi) is 5.73. The summed E-state index contributed by atoms with van der Waals surface area (Å²) in [6, 6.07) is 0. The lowest BCUT2D eigenvalue weighted by Crippen LogP contribution is -2.46. The quantitative estimate of drug-likeness (QED) is 0.690. The van der Waals surface area contributed by atoms with Gasteiger partial charge in [-0.05, 0) is 17.9 Å². The van der Waals surface area contributed by atoms with Crippen molar-refractivity contribution in [2.45, 2.75) is 27.7 Å². The molecule has 0 aromatic heterocycles. The third-order valence-corrected chi connectivity index (χ3v) is 3.74. The first kappa shape index (κ1) is 13.9.